The first-order chi connectivity index (χ1) is 11.5. The van der Waals surface area contributed by atoms with E-state index in [1.165, 1.54) is 26.4 Å². The van der Waals surface area contributed by atoms with Gasteiger partial charge in [0.2, 0.25) is 0 Å². The van der Waals surface area contributed by atoms with Crippen molar-refractivity contribution in [3.8, 4) is 11.5 Å². The number of benzene rings is 2. The molecule has 1 heterocycles. The first-order valence-corrected chi connectivity index (χ1v) is 7.96. The number of ether oxygens (including phenoxy) is 2. The first-order valence-electron chi connectivity index (χ1n) is 7.16. The number of methoxy groups -OCH3 is 2. The molecule has 0 radical (unpaired) electrons. The van der Waals surface area contributed by atoms with Gasteiger partial charge in [-0.1, -0.05) is 18.2 Å². The Kier molecular flexibility index (Phi) is 4.43. The second kappa shape index (κ2) is 6.37. The molecule has 24 heavy (non-hydrogen) atoms. The average molecular weight is 392 g/mol. The van der Waals surface area contributed by atoms with Gasteiger partial charge in [-0.05, 0) is 34.1 Å². The molecule has 1 N–H and O–H groups in total. The Morgan fingerprint density at radius 2 is 1.71 bits per heavy atom. The summed E-state index contributed by atoms with van der Waals surface area (Å²) in [6.45, 7) is 0. The summed E-state index contributed by atoms with van der Waals surface area (Å²) in [7, 11) is 3.06. The molecule has 1 atom stereocenters. The van der Waals surface area contributed by atoms with Gasteiger partial charge in [0.25, 0.3) is 0 Å². The monoisotopic (exact) mass is 391 g/mol. The normalized spacial score (nSPS) is 13.5. The van der Waals surface area contributed by atoms with E-state index in [2.05, 4.69) is 20.9 Å². The van der Waals surface area contributed by atoms with E-state index >= 15 is 0 Å². The summed E-state index contributed by atoms with van der Waals surface area (Å²) in [5, 5.41) is 11.6. The van der Waals surface area contributed by atoms with Gasteiger partial charge >= 0.3 is 0 Å². The summed E-state index contributed by atoms with van der Waals surface area (Å²) in [4.78, 5) is 4.29. The van der Waals surface area contributed by atoms with E-state index in [4.69, 9.17) is 9.47 Å². The molecule has 6 heteroatoms. The van der Waals surface area contributed by atoms with Gasteiger partial charge in [0.1, 0.15) is 5.82 Å². The van der Waals surface area contributed by atoms with Crippen molar-refractivity contribution in [1.82, 2.24) is 4.98 Å². The molecule has 0 fully saturated rings. The van der Waals surface area contributed by atoms with Crippen molar-refractivity contribution in [1.29, 1.82) is 0 Å². The predicted molar refractivity (Wildman–Crippen MR) is 93.2 cm³/mol. The molecule has 0 bridgehead atoms. The number of hydrogen-bond donors (Lipinski definition) is 1. The summed E-state index contributed by atoms with van der Waals surface area (Å²) in [5.41, 5.74) is 1.17. The van der Waals surface area contributed by atoms with Crippen LogP contribution in [0.4, 0.5) is 4.39 Å². The molecule has 2 aromatic carbocycles. The van der Waals surface area contributed by atoms with Gasteiger partial charge in [-0.2, -0.15) is 0 Å². The maximum atomic E-state index is 14.2. The van der Waals surface area contributed by atoms with Gasteiger partial charge in [-0.25, -0.2) is 4.39 Å². The van der Waals surface area contributed by atoms with Gasteiger partial charge < -0.3 is 14.6 Å². The van der Waals surface area contributed by atoms with Crippen LogP contribution in [0.1, 0.15) is 11.1 Å². The van der Waals surface area contributed by atoms with E-state index < -0.39 is 10.3 Å². The fraction of sp³-hybridized carbons (Fsp3) is 0.167. The lowest BCUT2D eigenvalue weighted by Gasteiger charge is -2.24. The van der Waals surface area contributed by atoms with Crippen LogP contribution in [0.15, 0.2) is 48.7 Å². The quantitative estimate of drug-likeness (QED) is 0.683. The summed E-state index contributed by atoms with van der Waals surface area (Å²) in [5.74, 6) is 0.511. The molecule has 124 valence electrons. The SMILES string of the molecule is COc1cc2nccc(C(O)(Br)c3ccccc3F)c2cc1OC. The third-order valence-corrected chi connectivity index (χ3v) is 4.69. The molecule has 3 rings (SSSR count). The Bertz CT molecular complexity index is 899. The van der Waals surface area contributed by atoms with Crippen LogP contribution >= 0.6 is 15.9 Å². The molecule has 3 aromatic rings. The first kappa shape index (κ1) is 16.7. The van der Waals surface area contributed by atoms with E-state index in [9.17, 15) is 9.50 Å². The molecule has 0 spiro atoms. The molecule has 0 aliphatic heterocycles. The molecule has 1 aromatic heterocycles. The summed E-state index contributed by atoms with van der Waals surface area (Å²) in [6.07, 6.45) is 1.55. The molecule has 0 aliphatic carbocycles. The third kappa shape index (κ3) is 2.72. The topological polar surface area (TPSA) is 51.6 Å². The number of aliphatic hydroxyl groups is 1. The molecule has 0 aliphatic rings. The van der Waals surface area contributed by atoms with Crippen molar-refractivity contribution < 1.29 is 19.0 Å². The third-order valence-electron chi connectivity index (χ3n) is 3.83. The number of aromatic nitrogens is 1. The largest absolute Gasteiger partial charge is 0.493 e. The van der Waals surface area contributed by atoms with Gasteiger partial charge in [-0.3, -0.25) is 4.98 Å². The Morgan fingerprint density at radius 3 is 2.38 bits per heavy atom. The second-order valence-electron chi connectivity index (χ2n) is 5.18. The van der Waals surface area contributed by atoms with Crippen LogP contribution in [0.2, 0.25) is 0 Å². The fourth-order valence-corrected chi connectivity index (χ4v) is 3.30. The molecular weight excluding hydrogens is 377 g/mol. The van der Waals surface area contributed by atoms with Gasteiger partial charge in [0, 0.05) is 28.8 Å². The van der Waals surface area contributed by atoms with Crippen LogP contribution in [0.5, 0.6) is 11.5 Å². The van der Waals surface area contributed by atoms with Crippen molar-refractivity contribution >= 4 is 26.8 Å². The Labute approximate surface area is 147 Å². The number of rotatable bonds is 4. The van der Waals surface area contributed by atoms with Gasteiger partial charge in [0.15, 0.2) is 16.0 Å². The number of pyridine rings is 1. The van der Waals surface area contributed by atoms with Gasteiger partial charge in [-0.15, -0.1) is 0 Å². The molecule has 0 amide bonds. The number of nitrogens with zero attached hydrogens (tertiary/aromatic N) is 1. The highest BCUT2D eigenvalue weighted by Gasteiger charge is 2.33. The van der Waals surface area contributed by atoms with Crippen LogP contribution in [0.25, 0.3) is 10.9 Å². The highest BCUT2D eigenvalue weighted by Crippen LogP contribution is 2.42. The predicted octanol–water partition coefficient (Wildman–Crippen LogP) is 3.98. The maximum Gasteiger partial charge on any atom is 0.174 e. The lowest BCUT2D eigenvalue weighted by molar-refractivity contribution is 0.186. The highest BCUT2D eigenvalue weighted by molar-refractivity contribution is 9.09. The summed E-state index contributed by atoms with van der Waals surface area (Å²) in [6, 6.07) is 11.1. The maximum absolute atomic E-state index is 14.2. The molecule has 0 saturated carbocycles. The fourth-order valence-electron chi connectivity index (χ4n) is 2.64. The van der Waals surface area contributed by atoms with Crippen molar-refractivity contribution in [3.05, 3.63) is 65.6 Å². The minimum atomic E-state index is -1.71. The zero-order valence-corrected chi connectivity index (χ0v) is 14.7. The molecule has 0 saturated heterocycles. The van der Waals surface area contributed by atoms with E-state index in [0.717, 1.165) is 0 Å². The van der Waals surface area contributed by atoms with Crippen LogP contribution in [0.3, 0.4) is 0 Å². The highest BCUT2D eigenvalue weighted by atomic mass is 79.9. The average Bonchev–Trinajstić information content (AvgIpc) is 2.60. The van der Waals surface area contributed by atoms with E-state index in [1.807, 2.05) is 0 Å². The Balaban J connectivity index is 2.28. The Morgan fingerprint density at radius 1 is 1.04 bits per heavy atom. The minimum absolute atomic E-state index is 0.118. The lowest BCUT2D eigenvalue weighted by atomic mass is 9.97. The molecule has 4 nitrogen and oxygen atoms in total. The zero-order chi connectivity index (χ0) is 17.3. The van der Waals surface area contributed by atoms with Crippen molar-refractivity contribution in [2.75, 3.05) is 14.2 Å². The zero-order valence-electron chi connectivity index (χ0n) is 13.1. The smallest absolute Gasteiger partial charge is 0.174 e. The van der Waals surface area contributed by atoms with Crippen LogP contribution in [0, 0.1) is 5.82 Å². The van der Waals surface area contributed by atoms with Crippen molar-refractivity contribution in [2.45, 2.75) is 4.51 Å². The van der Waals surface area contributed by atoms with Crippen molar-refractivity contribution in [2.24, 2.45) is 0 Å². The van der Waals surface area contributed by atoms with Crippen LogP contribution in [-0.2, 0) is 4.51 Å². The summed E-state index contributed by atoms with van der Waals surface area (Å²) < 4.78 is 23.1. The number of alkyl halides is 1. The number of halogens is 2. The summed E-state index contributed by atoms with van der Waals surface area (Å²) >= 11 is 3.27. The number of hydrogen-bond acceptors (Lipinski definition) is 4. The number of fused-ring (bicyclic) bond motifs is 1. The van der Waals surface area contributed by atoms with Gasteiger partial charge in [0.05, 0.1) is 19.7 Å². The lowest BCUT2D eigenvalue weighted by Crippen LogP contribution is -2.21. The minimum Gasteiger partial charge on any atom is -0.493 e. The van der Waals surface area contributed by atoms with E-state index in [-0.39, 0.29) is 5.56 Å². The van der Waals surface area contributed by atoms with Crippen molar-refractivity contribution in [3.63, 3.8) is 0 Å². The van der Waals surface area contributed by atoms with E-state index in [0.29, 0.717) is 28.0 Å². The van der Waals surface area contributed by atoms with E-state index in [1.54, 1.807) is 36.5 Å². The second-order valence-corrected chi connectivity index (χ2v) is 6.33. The Hall–Kier alpha value is -2.18. The van der Waals surface area contributed by atoms with Crippen LogP contribution < -0.4 is 9.47 Å². The molecular formula is C18H15BrFNO3. The van der Waals surface area contributed by atoms with Crippen LogP contribution in [-0.4, -0.2) is 24.3 Å². The standard InChI is InChI=1S/C18H15BrFNO3/c1-23-16-9-11-12(7-8-21-15(11)10-17(16)24-2)18(19,22)13-5-3-4-6-14(13)20/h3-10,22H,1-2H3. The molecule has 1 unspecified atom stereocenters.